The first-order valence-electron chi connectivity index (χ1n) is 7.38. The molecule has 120 valence electrons. The summed E-state index contributed by atoms with van der Waals surface area (Å²) >= 11 is 1.34. The number of imidazole rings is 1. The number of fused-ring (bicyclic) bond motifs is 3. The Balaban J connectivity index is 1.96. The molecule has 0 unspecified atom stereocenters. The topological polar surface area (TPSA) is 63.8 Å². The van der Waals surface area contributed by atoms with Gasteiger partial charge in [-0.3, -0.25) is 4.79 Å². The van der Waals surface area contributed by atoms with E-state index in [1.54, 1.807) is 28.7 Å². The monoisotopic (exact) mass is 338 g/mol. The summed E-state index contributed by atoms with van der Waals surface area (Å²) in [7, 11) is 1.50. The van der Waals surface area contributed by atoms with Crippen LogP contribution < -0.4 is 14.8 Å². The molecule has 0 bridgehead atoms. The van der Waals surface area contributed by atoms with E-state index >= 15 is 0 Å². The molecule has 0 aliphatic heterocycles. The number of hydrogen-bond acceptors (Lipinski definition) is 5. The largest absolute Gasteiger partial charge is 0.504 e. The molecule has 0 radical (unpaired) electrons. The summed E-state index contributed by atoms with van der Waals surface area (Å²) < 4.78 is 7.27. The molecule has 0 amide bonds. The molecule has 24 heavy (non-hydrogen) atoms. The summed E-state index contributed by atoms with van der Waals surface area (Å²) in [5.41, 5.74) is 3.33. The highest BCUT2D eigenvalue weighted by Gasteiger charge is 2.12. The van der Waals surface area contributed by atoms with E-state index in [0.717, 1.165) is 22.2 Å². The average molecular weight is 338 g/mol. The molecule has 1 N–H and O–H groups in total. The number of benzene rings is 2. The van der Waals surface area contributed by atoms with Crippen molar-refractivity contribution in [2.75, 3.05) is 7.11 Å². The van der Waals surface area contributed by atoms with Crippen molar-refractivity contribution in [3.05, 3.63) is 62.4 Å². The maximum atomic E-state index is 12.8. The van der Waals surface area contributed by atoms with Crippen LogP contribution >= 0.6 is 11.3 Å². The van der Waals surface area contributed by atoms with Gasteiger partial charge in [-0.25, -0.2) is 9.38 Å². The molecule has 4 aromatic rings. The van der Waals surface area contributed by atoms with Gasteiger partial charge in [-0.05, 0) is 42.3 Å². The van der Waals surface area contributed by atoms with E-state index in [4.69, 9.17) is 4.74 Å². The predicted molar refractivity (Wildman–Crippen MR) is 95.0 cm³/mol. The SMILES string of the molecule is COc1ccc(/C=c2\sc3nc4cccc(C)c4n3c2=O)cc1O. The van der Waals surface area contributed by atoms with Crippen LogP contribution in [0.3, 0.4) is 0 Å². The second kappa shape index (κ2) is 5.35. The smallest absolute Gasteiger partial charge is 0.274 e. The third-order valence-corrected chi connectivity index (χ3v) is 4.93. The number of nitrogens with zero attached hydrogens (tertiary/aromatic N) is 2. The van der Waals surface area contributed by atoms with Gasteiger partial charge in [0.15, 0.2) is 16.5 Å². The summed E-state index contributed by atoms with van der Waals surface area (Å²) in [5.74, 6) is 0.443. The molecule has 2 aromatic carbocycles. The van der Waals surface area contributed by atoms with E-state index < -0.39 is 0 Å². The summed E-state index contributed by atoms with van der Waals surface area (Å²) in [6.45, 7) is 1.97. The zero-order valence-corrected chi connectivity index (χ0v) is 13.9. The Labute approximate surface area is 141 Å². The Kier molecular flexibility index (Phi) is 3.28. The molecule has 5 nitrogen and oxygen atoms in total. The van der Waals surface area contributed by atoms with Crippen molar-refractivity contribution in [3.63, 3.8) is 0 Å². The fourth-order valence-electron chi connectivity index (χ4n) is 2.82. The number of aromatic nitrogens is 2. The first kappa shape index (κ1) is 14.7. The molecule has 2 aromatic heterocycles. The normalized spacial score (nSPS) is 12.3. The highest BCUT2D eigenvalue weighted by molar-refractivity contribution is 7.15. The van der Waals surface area contributed by atoms with Gasteiger partial charge < -0.3 is 9.84 Å². The van der Waals surface area contributed by atoms with Gasteiger partial charge in [0.05, 0.1) is 22.7 Å². The number of hydrogen-bond donors (Lipinski definition) is 1. The molecular weight excluding hydrogens is 324 g/mol. The molecule has 0 atom stereocenters. The minimum absolute atomic E-state index is 0.0429. The van der Waals surface area contributed by atoms with Crippen molar-refractivity contribution in [2.45, 2.75) is 6.92 Å². The van der Waals surface area contributed by atoms with Crippen LogP contribution in [0.5, 0.6) is 11.5 Å². The number of methoxy groups -OCH3 is 1. The lowest BCUT2D eigenvalue weighted by Gasteiger charge is -2.02. The van der Waals surface area contributed by atoms with Crippen LogP contribution in [0.4, 0.5) is 0 Å². The predicted octanol–water partition coefficient (Wildman–Crippen LogP) is 2.48. The zero-order valence-electron chi connectivity index (χ0n) is 13.1. The molecule has 0 saturated heterocycles. The minimum atomic E-state index is -0.0953. The van der Waals surface area contributed by atoms with Crippen molar-refractivity contribution in [1.82, 2.24) is 9.38 Å². The lowest BCUT2D eigenvalue weighted by atomic mass is 10.2. The van der Waals surface area contributed by atoms with Crippen LogP contribution in [0.2, 0.25) is 0 Å². The van der Waals surface area contributed by atoms with E-state index in [1.807, 2.05) is 25.1 Å². The van der Waals surface area contributed by atoms with Crippen LogP contribution in [0.1, 0.15) is 11.1 Å². The van der Waals surface area contributed by atoms with Crippen LogP contribution in [-0.2, 0) is 0 Å². The highest BCUT2D eigenvalue weighted by atomic mass is 32.1. The van der Waals surface area contributed by atoms with Gasteiger partial charge >= 0.3 is 0 Å². The van der Waals surface area contributed by atoms with E-state index in [9.17, 15) is 9.90 Å². The number of rotatable bonds is 2. The van der Waals surface area contributed by atoms with Crippen molar-refractivity contribution < 1.29 is 9.84 Å². The quantitative estimate of drug-likeness (QED) is 0.610. The summed E-state index contributed by atoms with van der Waals surface area (Å²) in [6.07, 6.45) is 1.75. The maximum Gasteiger partial charge on any atom is 0.274 e. The number of para-hydroxylation sites is 1. The molecule has 6 heteroatoms. The van der Waals surface area contributed by atoms with Crippen LogP contribution in [0.25, 0.3) is 22.1 Å². The fourth-order valence-corrected chi connectivity index (χ4v) is 3.80. The Bertz CT molecular complexity index is 1190. The van der Waals surface area contributed by atoms with Gasteiger partial charge in [-0.1, -0.05) is 29.5 Å². The molecule has 0 spiro atoms. The Morgan fingerprint density at radius 3 is 2.88 bits per heavy atom. The van der Waals surface area contributed by atoms with Gasteiger partial charge in [-0.2, -0.15) is 0 Å². The molecule has 0 fully saturated rings. The summed E-state index contributed by atoms with van der Waals surface area (Å²) in [4.78, 5) is 18.0. The van der Waals surface area contributed by atoms with E-state index in [0.29, 0.717) is 15.2 Å². The Morgan fingerprint density at radius 2 is 2.12 bits per heavy atom. The van der Waals surface area contributed by atoms with Crippen molar-refractivity contribution in [2.24, 2.45) is 0 Å². The second-order valence-corrected chi connectivity index (χ2v) is 6.53. The number of phenolic OH excluding ortho intramolecular Hbond substituents is 1. The molecule has 0 aliphatic rings. The van der Waals surface area contributed by atoms with Gasteiger partial charge in [0.1, 0.15) is 0 Å². The van der Waals surface area contributed by atoms with Crippen LogP contribution in [-0.4, -0.2) is 21.6 Å². The van der Waals surface area contributed by atoms with E-state index in [1.165, 1.54) is 18.4 Å². The third kappa shape index (κ3) is 2.15. The Morgan fingerprint density at radius 1 is 1.29 bits per heavy atom. The highest BCUT2D eigenvalue weighted by Crippen LogP contribution is 2.26. The molecule has 2 heterocycles. The molecule has 0 saturated carbocycles. The standard InChI is InChI=1S/C18H14N2O3S/c1-10-4-3-5-12-16(10)20-17(22)15(24-18(20)19-12)9-11-6-7-14(23-2)13(21)8-11/h3-9,21H,1-2H3/b15-9-. The molecule has 0 aliphatic carbocycles. The summed E-state index contributed by atoms with van der Waals surface area (Å²) in [5, 5.41) is 9.88. The molecule has 4 rings (SSSR count). The second-order valence-electron chi connectivity index (χ2n) is 5.52. The fraction of sp³-hybridized carbons (Fsp3) is 0.111. The van der Waals surface area contributed by atoms with Crippen LogP contribution in [0, 0.1) is 6.92 Å². The van der Waals surface area contributed by atoms with Gasteiger partial charge in [0.25, 0.3) is 5.56 Å². The third-order valence-electron chi connectivity index (χ3n) is 3.96. The minimum Gasteiger partial charge on any atom is -0.504 e. The zero-order chi connectivity index (χ0) is 16.8. The van der Waals surface area contributed by atoms with Gasteiger partial charge in [-0.15, -0.1) is 0 Å². The molecular formula is C18H14N2O3S. The lowest BCUT2D eigenvalue weighted by Crippen LogP contribution is -2.22. The van der Waals surface area contributed by atoms with Crippen molar-refractivity contribution in [1.29, 1.82) is 0 Å². The number of aromatic hydroxyl groups is 1. The first-order chi connectivity index (χ1) is 11.6. The van der Waals surface area contributed by atoms with Crippen molar-refractivity contribution >= 4 is 33.4 Å². The first-order valence-corrected chi connectivity index (χ1v) is 8.19. The van der Waals surface area contributed by atoms with E-state index in [-0.39, 0.29) is 11.3 Å². The number of aryl methyl sites for hydroxylation is 1. The van der Waals surface area contributed by atoms with Crippen molar-refractivity contribution in [3.8, 4) is 11.5 Å². The van der Waals surface area contributed by atoms with Gasteiger partial charge in [0.2, 0.25) is 0 Å². The lowest BCUT2D eigenvalue weighted by molar-refractivity contribution is 0.373. The average Bonchev–Trinajstić information content (AvgIpc) is 3.06. The summed E-state index contributed by atoms with van der Waals surface area (Å²) in [6, 6.07) is 10.9. The van der Waals surface area contributed by atoms with E-state index in [2.05, 4.69) is 4.98 Å². The number of ether oxygens (including phenoxy) is 1. The number of phenols is 1. The number of thiazole rings is 1. The maximum absolute atomic E-state index is 12.8. The Hall–Kier alpha value is -2.86. The van der Waals surface area contributed by atoms with Gasteiger partial charge in [0, 0.05) is 0 Å². The van der Waals surface area contributed by atoms with Crippen LogP contribution in [0.15, 0.2) is 41.2 Å².